The van der Waals surface area contributed by atoms with Gasteiger partial charge in [0.15, 0.2) is 0 Å². The average molecular weight is 401 g/mol. The van der Waals surface area contributed by atoms with E-state index in [1.54, 1.807) is 37.3 Å². The van der Waals surface area contributed by atoms with Gasteiger partial charge in [-0.1, -0.05) is 12.1 Å². The smallest absolute Gasteiger partial charge is 0.387 e. The predicted octanol–water partition coefficient (Wildman–Crippen LogP) is 3.33. The SMILES string of the molecule is CC(C(=O)Nc1ccc(NC(=O)c2ccccc2OC(F)F)cc1)n1cncn1. The molecule has 0 aliphatic carbocycles. The summed E-state index contributed by atoms with van der Waals surface area (Å²) in [6.45, 7) is -1.36. The Bertz CT molecular complexity index is 978. The molecule has 1 unspecified atom stereocenters. The number of para-hydroxylation sites is 1. The highest BCUT2D eigenvalue weighted by Gasteiger charge is 2.17. The maximum atomic E-state index is 12.5. The molecule has 0 spiro atoms. The summed E-state index contributed by atoms with van der Waals surface area (Å²) in [5.41, 5.74) is 0.914. The maximum absolute atomic E-state index is 12.5. The van der Waals surface area contributed by atoms with E-state index in [1.807, 2.05) is 0 Å². The number of ether oxygens (including phenoxy) is 1. The Balaban J connectivity index is 1.64. The highest BCUT2D eigenvalue weighted by Crippen LogP contribution is 2.22. The number of hydrogen-bond donors (Lipinski definition) is 2. The van der Waals surface area contributed by atoms with Gasteiger partial charge >= 0.3 is 6.61 Å². The maximum Gasteiger partial charge on any atom is 0.387 e. The van der Waals surface area contributed by atoms with Gasteiger partial charge in [-0.25, -0.2) is 9.67 Å². The minimum atomic E-state index is -3.04. The van der Waals surface area contributed by atoms with Crippen molar-refractivity contribution >= 4 is 23.2 Å². The lowest BCUT2D eigenvalue weighted by molar-refractivity contribution is -0.119. The van der Waals surface area contributed by atoms with Crippen LogP contribution in [0.3, 0.4) is 0 Å². The van der Waals surface area contributed by atoms with Gasteiger partial charge in [-0.15, -0.1) is 0 Å². The lowest BCUT2D eigenvalue weighted by atomic mass is 10.2. The minimum Gasteiger partial charge on any atom is -0.434 e. The molecule has 3 rings (SSSR count). The van der Waals surface area contributed by atoms with E-state index in [4.69, 9.17) is 0 Å². The van der Waals surface area contributed by atoms with Crippen LogP contribution in [0, 0.1) is 0 Å². The minimum absolute atomic E-state index is 0.0214. The van der Waals surface area contributed by atoms with E-state index in [1.165, 1.54) is 35.5 Å². The summed E-state index contributed by atoms with van der Waals surface area (Å²) in [6, 6.07) is 11.5. The molecule has 0 saturated heterocycles. The number of benzene rings is 2. The Morgan fingerprint density at radius 3 is 2.31 bits per heavy atom. The van der Waals surface area contributed by atoms with Crippen molar-refractivity contribution in [3.8, 4) is 5.75 Å². The Labute approximate surface area is 164 Å². The zero-order valence-corrected chi connectivity index (χ0v) is 15.3. The van der Waals surface area contributed by atoms with Crippen LogP contribution < -0.4 is 15.4 Å². The van der Waals surface area contributed by atoms with Crippen LogP contribution in [0.4, 0.5) is 20.2 Å². The van der Waals surface area contributed by atoms with Crippen molar-refractivity contribution in [2.75, 3.05) is 10.6 Å². The molecule has 0 aliphatic rings. The number of carbonyl (C=O) groups is 2. The highest BCUT2D eigenvalue weighted by atomic mass is 19.3. The second kappa shape index (κ2) is 8.91. The van der Waals surface area contributed by atoms with E-state index >= 15 is 0 Å². The summed E-state index contributed by atoms with van der Waals surface area (Å²) in [5.74, 6) is -1.10. The number of anilines is 2. The van der Waals surface area contributed by atoms with Gasteiger partial charge in [0.05, 0.1) is 5.56 Å². The van der Waals surface area contributed by atoms with Gasteiger partial charge in [0.2, 0.25) is 5.91 Å². The quantitative estimate of drug-likeness (QED) is 0.633. The Morgan fingerprint density at radius 1 is 1.03 bits per heavy atom. The van der Waals surface area contributed by atoms with Gasteiger partial charge in [0, 0.05) is 11.4 Å². The van der Waals surface area contributed by atoms with Gasteiger partial charge in [0.25, 0.3) is 5.91 Å². The molecule has 0 aliphatic heterocycles. The van der Waals surface area contributed by atoms with Crippen LogP contribution >= 0.6 is 0 Å². The number of nitrogens with one attached hydrogen (secondary N) is 2. The van der Waals surface area contributed by atoms with Crippen molar-refractivity contribution < 1.29 is 23.1 Å². The summed E-state index contributed by atoms with van der Waals surface area (Å²) < 4.78 is 30.8. The third-order valence-electron chi connectivity index (χ3n) is 3.97. The molecule has 3 aromatic rings. The molecule has 150 valence electrons. The first kappa shape index (κ1) is 19.9. The van der Waals surface area contributed by atoms with Crippen LogP contribution in [0.15, 0.2) is 61.2 Å². The number of amides is 2. The van der Waals surface area contributed by atoms with Gasteiger partial charge in [-0.2, -0.15) is 13.9 Å². The molecule has 0 radical (unpaired) electrons. The molecular formula is C19H17F2N5O3. The first-order valence-corrected chi connectivity index (χ1v) is 8.54. The molecule has 1 heterocycles. The molecule has 8 nitrogen and oxygen atoms in total. The van der Waals surface area contributed by atoms with E-state index in [0.717, 1.165) is 0 Å². The van der Waals surface area contributed by atoms with E-state index in [0.29, 0.717) is 11.4 Å². The highest BCUT2D eigenvalue weighted by molar-refractivity contribution is 6.06. The fraction of sp³-hybridized carbons (Fsp3) is 0.158. The van der Waals surface area contributed by atoms with Crippen LogP contribution in [-0.4, -0.2) is 33.2 Å². The lowest BCUT2D eigenvalue weighted by Gasteiger charge is -2.13. The largest absolute Gasteiger partial charge is 0.434 e. The number of hydrogen-bond acceptors (Lipinski definition) is 5. The molecule has 2 N–H and O–H groups in total. The van der Waals surface area contributed by atoms with Crippen molar-refractivity contribution in [1.82, 2.24) is 14.8 Å². The van der Waals surface area contributed by atoms with Gasteiger partial charge in [-0.3, -0.25) is 9.59 Å². The summed E-state index contributed by atoms with van der Waals surface area (Å²) in [4.78, 5) is 28.4. The summed E-state index contributed by atoms with van der Waals surface area (Å²) >= 11 is 0. The standard InChI is InChI=1S/C19H17F2N5O3/c1-12(26-11-22-10-23-26)17(27)24-13-6-8-14(9-7-13)25-18(28)15-4-2-3-5-16(15)29-19(20)21/h2-12,19H,1H3,(H,24,27)(H,25,28). The van der Waals surface area contributed by atoms with E-state index < -0.39 is 18.6 Å². The first-order valence-electron chi connectivity index (χ1n) is 8.54. The van der Waals surface area contributed by atoms with E-state index in [9.17, 15) is 18.4 Å². The van der Waals surface area contributed by atoms with Gasteiger partial charge in [-0.05, 0) is 43.3 Å². The normalized spacial score (nSPS) is 11.7. The molecule has 1 aromatic heterocycles. The summed E-state index contributed by atoms with van der Waals surface area (Å²) in [7, 11) is 0. The van der Waals surface area contributed by atoms with Crippen LogP contribution in [0.1, 0.15) is 23.3 Å². The molecule has 0 saturated carbocycles. The topological polar surface area (TPSA) is 98.1 Å². The molecule has 0 fully saturated rings. The first-order chi connectivity index (χ1) is 13.9. The fourth-order valence-corrected chi connectivity index (χ4v) is 2.47. The number of carbonyl (C=O) groups excluding carboxylic acids is 2. The van der Waals surface area contributed by atoms with Crippen molar-refractivity contribution in [3.05, 3.63) is 66.7 Å². The second-order valence-corrected chi connectivity index (χ2v) is 5.95. The van der Waals surface area contributed by atoms with Crippen molar-refractivity contribution in [3.63, 3.8) is 0 Å². The Hall–Kier alpha value is -3.82. The number of halogens is 2. The molecule has 0 bridgehead atoms. The molecule has 29 heavy (non-hydrogen) atoms. The van der Waals surface area contributed by atoms with E-state index in [-0.39, 0.29) is 17.2 Å². The number of alkyl halides is 2. The lowest BCUT2D eigenvalue weighted by Crippen LogP contribution is -2.24. The fourth-order valence-electron chi connectivity index (χ4n) is 2.47. The van der Waals surface area contributed by atoms with E-state index in [2.05, 4.69) is 25.5 Å². The van der Waals surface area contributed by atoms with Crippen LogP contribution in [0.25, 0.3) is 0 Å². The monoisotopic (exact) mass is 401 g/mol. The van der Waals surface area contributed by atoms with Crippen molar-refractivity contribution in [2.24, 2.45) is 0 Å². The number of rotatable bonds is 7. The third kappa shape index (κ3) is 5.12. The number of aromatic nitrogens is 3. The van der Waals surface area contributed by atoms with Crippen LogP contribution in [0.5, 0.6) is 5.75 Å². The Kier molecular flexibility index (Phi) is 6.12. The second-order valence-electron chi connectivity index (χ2n) is 5.95. The van der Waals surface area contributed by atoms with Crippen LogP contribution in [-0.2, 0) is 4.79 Å². The molecular weight excluding hydrogens is 384 g/mol. The third-order valence-corrected chi connectivity index (χ3v) is 3.97. The zero-order chi connectivity index (χ0) is 20.8. The molecule has 10 heteroatoms. The average Bonchev–Trinajstić information content (AvgIpc) is 3.23. The Morgan fingerprint density at radius 2 is 1.69 bits per heavy atom. The van der Waals surface area contributed by atoms with Crippen molar-refractivity contribution in [2.45, 2.75) is 19.6 Å². The van der Waals surface area contributed by atoms with Gasteiger partial charge in [0.1, 0.15) is 24.4 Å². The van der Waals surface area contributed by atoms with Gasteiger partial charge < -0.3 is 15.4 Å². The summed E-state index contributed by atoms with van der Waals surface area (Å²) in [5, 5.41) is 9.25. The molecule has 2 aromatic carbocycles. The zero-order valence-electron chi connectivity index (χ0n) is 15.3. The number of nitrogens with zero attached hydrogens (tertiary/aromatic N) is 3. The molecule has 1 atom stereocenters. The summed E-state index contributed by atoms with van der Waals surface area (Å²) in [6.07, 6.45) is 2.78. The predicted molar refractivity (Wildman–Crippen MR) is 101 cm³/mol. The van der Waals surface area contributed by atoms with Crippen molar-refractivity contribution in [1.29, 1.82) is 0 Å². The molecule has 2 amide bonds. The van der Waals surface area contributed by atoms with Crippen LogP contribution in [0.2, 0.25) is 0 Å².